The van der Waals surface area contributed by atoms with Crippen molar-refractivity contribution >= 4 is 11.9 Å². The number of aliphatic imine (C=N–C) groups is 1. The molecule has 1 unspecified atom stereocenters. The van der Waals surface area contributed by atoms with E-state index in [0.717, 1.165) is 17.9 Å². The standard InChI is InChI=1S/C21H28N4O/c1-4-16(2)25-20(26)19-12-8-11-18(13-19)15-24-21(22-3)23-14-17-9-6-5-7-10-17/h5-13,16H,4,14-15H2,1-3H3,(H,25,26)(H2,22,23,24). The monoisotopic (exact) mass is 352 g/mol. The van der Waals surface area contributed by atoms with Crippen molar-refractivity contribution in [2.24, 2.45) is 4.99 Å². The summed E-state index contributed by atoms with van der Waals surface area (Å²) in [6, 6.07) is 18.0. The van der Waals surface area contributed by atoms with E-state index >= 15 is 0 Å². The third-order valence-electron chi connectivity index (χ3n) is 4.17. The third kappa shape index (κ3) is 6.24. The zero-order valence-electron chi connectivity index (χ0n) is 15.8. The highest BCUT2D eigenvalue weighted by molar-refractivity contribution is 5.94. The molecular formula is C21H28N4O. The van der Waals surface area contributed by atoms with E-state index in [1.807, 2.05) is 49.4 Å². The van der Waals surface area contributed by atoms with Gasteiger partial charge in [-0.05, 0) is 36.6 Å². The topological polar surface area (TPSA) is 65.5 Å². The number of hydrogen-bond donors (Lipinski definition) is 3. The molecule has 0 saturated carbocycles. The van der Waals surface area contributed by atoms with E-state index in [9.17, 15) is 4.79 Å². The van der Waals surface area contributed by atoms with Crippen LogP contribution in [0.25, 0.3) is 0 Å². The van der Waals surface area contributed by atoms with Crippen molar-refractivity contribution in [2.75, 3.05) is 7.05 Å². The summed E-state index contributed by atoms with van der Waals surface area (Å²) in [6.45, 7) is 5.36. The van der Waals surface area contributed by atoms with Gasteiger partial charge in [0.25, 0.3) is 5.91 Å². The quantitative estimate of drug-likeness (QED) is 0.530. The molecule has 0 spiro atoms. The van der Waals surface area contributed by atoms with Crippen LogP contribution in [0.5, 0.6) is 0 Å². The molecule has 0 saturated heterocycles. The van der Waals surface area contributed by atoms with Crippen LogP contribution in [0.1, 0.15) is 41.8 Å². The summed E-state index contributed by atoms with van der Waals surface area (Å²) in [7, 11) is 1.75. The number of benzene rings is 2. The first-order valence-electron chi connectivity index (χ1n) is 9.00. The number of carbonyl (C=O) groups excluding carboxylic acids is 1. The van der Waals surface area contributed by atoms with E-state index in [4.69, 9.17) is 0 Å². The van der Waals surface area contributed by atoms with Crippen LogP contribution < -0.4 is 16.0 Å². The maximum Gasteiger partial charge on any atom is 0.251 e. The van der Waals surface area contributed by atoms with Gasteiger partial charge in [-0.25, -0.2) is 0 Å². The number of nitrogens with zero attached hydrogens (tertiary/aromatic N) is 1. The van der Waals surface area contributed by atoms with Crippen LogP contribution in [-0.2, 0) is 13.1 Å². The molecule has 5 nitrogen and oxygen atoms in total. The van der Waals surface area contributed by atoms with Crippen LogP contribution >= 0.6 is 0 Å². The maximum atomic E-state index is 12.3. The first-order valence-corrected chi connectivity index (χ1v) is 9.00. The number of rotatable bonds is 7. The lowest BCUT2D eigenvalue weighted by atomic mass is 10.1. The van der Waals surface area contributed by atoms with Gasteiger partial charge < -0.3 is 16.0 Å². The Balaban J connectivity index is 1.89. The van der Waals surface area contributed by atoms with Crippen molar-refractivity contribution in [1.82, 2.24) is 16.0 Å². The highest BCUT2D eigenvalue weighted by Crippen LogP contribution is 2.06. The molecular weight excluding hydrogens is 324 g/mol. The molecule has 1 atom stereocenters. The molecule has 0 bridgehead atoms. The van der Waals surface area contributed by atoms with Gasteiger partial charge in [0.15, 0.2) is 5.96 Å². The van der Waals surface area contributed by atoms with Crippen LogP contribution in [0.4, 0.5) is 0 Å². The van der Waals surface area contributed by atoms with Gasteiger partial charge in [0, 0.05) is 31.7 Å². The van der Waals surface area contributed by atoms with Crippen LogP contribution in [0.2, 0.25) is 0 Å². The fourth-order valence-electron chi connectivity index (χ4n) is 2.42. The average Bonchev–Trinajstić information content (AvgIpc) is 2.69. The van der Waals surface area contributed by atoms with Gasteiger partial charge in [0.2, 0.25) is 0 Å². The van der Waals surface area contributed by atoms with Crippen LogP contribution in [0.3, 0.4) is 0 Å². The number of nitrogens with one attached hydrogen (secondary N) is 3. The lowest BCUT2D eigenvalue weighted by Gasteiger charge is -2.14. The van der Waals surface area contributed by atoms with Crippen LogP contribution in [0.15, 0.2) is 59.6 Å². The van der Waals surface area contributed by atoms with E-state index < -0.39 is 0 Å². The average molecular weight is 352 g/mol. The zero-order chi connectivity index (χ0) is 18.8. The largest absolute Gasteiger partial charge is 0.352 e. The number of amides is 1. The Labute approximate surface area is 155 Å². The molecule has 0 heterocycles. The van der Waals surface area contributed by atoms with Crippen LogP contribution in [-0.4, -0.2) is 25.0 Å². The molecule has 0 aromatic heterocycles. The fraction of sp³-hybridized carbons (Fsp3) is 0.333. The van der Waals surface area contributed by atoms with Gasteiger partial charge >= 0.3 is 0 Å². The normalized spacial score (nSPS) is 12.3. The minimum Gasteiger partial charge on any atom is -0.352 e. The molecule has 2 rings (SSSR count). The van der Waals surface area contributed by atoms with Gasteiger partial charge in [-0.2, -0.15) is 0 Å². The van der Waals surface area contributed by atoms with Crippen molar-refractivity contribution < 1.29 is 4.79 Å². The SMILES string of the molecule is CCC(C)NC(=O)c1cccc(CNC(=NC)NCc2ccccc2)c1. The second kappa shape index (κ2) is 10.2. The second-order valence-corrected chi connectivity index (χ2v) is 6.25. The van der Waals surface area contributed by atoms with Crippen LogP contribution in [0, 0.1) is 0 Å². The molecule has 3 N–H and O–H groups in total. The van der Waals surface area contributed by atoms with E-state index in [1.165, 1.54) is 5.56 Å². The van der Waals surface area contributed by atoms with E-state index in [1.54, 1.807) is 7.05 Å². The summed E-state index contributed by atoms with van der Waals surface area (Å²) in [5.41, 5.74) is 2.90. The smallest absolute Gasteiger partial charge is 0.251 e. The van der Waals surface area contributed by atoms with E-state index in [-0.39, 0.29) is 11.9 Å². The predicted octanol–water partition coefficient (Wildman–Crippen LogP) is 3.08. The predicted molar refractivity (Wildman–Crippen MR) is 107 cm³/mol. The number of guanidine groups is 1. The van der Waals surface area contributed by atoms with Gasteiger partial charge in [0.1, 0.15) is 0 Å². The Morgan fingerprint density at radius 3 is 2.31 bits per heavy atom. The van der Waals surface area contributed by atoms with E-state index in [0.29, 0.717) is 18.7 Å². The van der Waals surface area contributed by atoms with Crippen molar-refractivity contribution in [1.29, 1.82) is 0 Å². The molecule has 138 valence electrons. The molecule has 0 aliphatic rings. The Morgan fingerprint density at radius 2 is 1.65 bits per heavy atom. The maximum absolute atomic E-state index is 12.3. The first kappa shape index (κ1) is 19.5. The minimum absolute atomic E-state index is 0.0345. The summed E-state index contributed by atoms with van der Waals surface area (Å²) in [5, 5.41) is 9.56. The van der Waals surface area contributed by atoms with Gasteiger partial charge in [-0.1, -0.05) is 49.4 Å². The summed E-state index contributed by atoms with van der Waals surface area (Å²) < 4.78 is 0. The molecule has 0 radical (unpaired) electrons. The minimum atomic E-state index is -0.0345. The molecule has 0 aliphatic carbocycles. The fourth-order valence-corrected chi connectivity index (χ4v) is 2.42. The van der Waals surface area contributed by atoms with Crippen molar-refractivity contribution in [3.8, 4) is 0 Å². The van der Waals surface area contributed by atoms with Gasteiger partial charge in [0.05, 0.1) is 0 Å². The third-order valence-corrected chi connectivity index (χ3v) is 4.17. The molecule has 1 amide bonds. The molecule has 0 fully saturated rings. The van der Waals surface area contributed by atoms with Crippen molar-refractivity contribution in [3.63, 3.8) is 0 Å². The Kier molecular flexibility index (Phi) is 7.68. The van der Waals surface area contributed by atoms with Gasteiger partial charge in [-0.15, -0.1) is 0 Å². The lowest BCUT2D eigenvalue weighted by molar-refractivity contribution is 0.0939. The number of carbonyl (C=O) groups is 1. The van der Waals surface area contributed by atoms with Crippen molar-refractivity contribution in [2.45, 2.75) is 39.4 Å². The highest BCUT2D eigenvalue weighted by atomic mass is 16.1. The second-order valence-electron chi connectivity index (χ2n) is 6.25. The molecule has 2 aromatic rings. The zero-order valence-corrected chi connectivity index (χ0v) is 15.8. The molecule has 2 aromatic carbocycles. The van der Waals surface area contributed by atoms with Gasteiger partial charge in [-0.3, -0.25) is 9.79 Å². The Bertz CT molecular complexity index is 728. The Hall–Kier alpha value is -2.82. The molecule has 5 heteroatoms. The number of hydrogen-bond acceptors (Lipinski definition) is 2. The Morgan fingerprint density at radius 1 is 1.00 bits per heavy atom. The summed E-state index contributed by atoms with van der Waals surface area (Å²) in [6.07, 6.45) is 0.913. The summed E-state index contributed by atoms with van der Waals surface area (Å²) in [4.78, 5) is 16.5. The highest BCUT2D eigenvalue weighted by Gasteiger charge is 2.09. The van der Waals surface area contributed by atoms with Crippen molar-refractivity contribution in [3.05, 3.63) is 71.3 Å². The summed E-state index contributed by atoms with van der Waals surface area (Å²) in [5.74, 6) is 0.691. The van der Waals surface area contributed by atoms with E-state index in [2.05, 4.69) is 40.0 Å². The molecule has 0 aliphatic heterocycles. The first-order chi connectivity index (χ1) is 12.6. The summed E-state index contributed by atoms with van der Waals surface area (Å²) >= 11 is 0. The molecule has 26 heavy (non-hydrogen) atoms. The lowest BCUT2D eigenvalue weighted by Crippen LogP contribution is -2.36.